The van der Waals surface area contributed by atoms with Gasteiger partial charge in [-0.2, -0.15) is 0 Å². The van der Waals surface area contributed by atoms with Gasteiger partial charge in [0, 0.05) is 20.6 Å². The van der Waals surface area contributed by atoms with Crippen molar-refractivity contribution in [3.05, 3.63) is 39.8 Å². The topological polar surface area (TPSA) is 90.9 Å². The zero-order valence-corrected chi connectivity index (χ0v) is 12.2. The first-order valence-corrected chi connectivity index (χ1v) is 6.41. The van der Waals surface area contributed by atoms with Gasteiger partial charge in [-0.15, -0.1) is 6.58 Å². The highest BCUT2D eigenvalue weighted by Gasteiger charge is 2.21. The highest BCUT2D eigenvalue weighted by atomic mass is 16.2. The molecule has 0 aliphatic rings. The number of rotatable bonds is 4. The third-order valence-corrected chi connectivity index (χ3v) is 3.39. The first kappa shape index (κ1) is 14.8. The van der Waals surface area contributed by atoms with E-state index in [0.29, 0.717) is 6.54 Å². The van der Waals surface area contributed by atoms with E-state index in [0.717, 1.165) is 4.57 Å². The Morgan fingerprint density at radius 2 is 2.10 bits per heavy atom. The van der Waals surface area contributed by atoms with Gasteiger partial charge in [0.05, 0.1) is 6.33 Å². The van der Waals surface area contributed by atoms with Crippen molar-refractivity contribution < 1.29 is 4.79 Å². The largest absolute Gasteiger partial charge is 0.351 e. The van der Waals surface area contributed by atoms with Gasteiger partial charge in [0.15, 0.2) is 11.2 Å². The predicted molar refractivity (Wildman–Crippen MR) is 78.1 cm³/mol. The monoisotopic (exact) mass is 291 g/mol. The molecule has 8 heteroatoms. The molecule has 0 saturated carbocycles. The molecule has 0 saturated heterocycles. The van der Waals surface area contributed by atoms with Crippen molar-refractivity contribution in [1.29, 1.82) is 0 Å². The maximum absolute atomic E-state index is 12.3. The number of amides is 1. The second-order valence-corrected chi connectivity index (χ2v) is 4.74. The molecule has 2 heterocycles. The highest BCUT2D eigenvalue weighted by Crippen LogP contribution is 2.13. The molecular formula is C13H17N5O3. The zero-order chi connectivity index (χ0) is 15.7. The Kier molecular flexibility index (Phi) is 3.79. The molecule has 0 aliphatic carbocycles. The number of hydrogen-bond donors (Lipinski definition) is 1. The molecule has 1 N–H and O–H groups in total. The standard InChI is InChI=1S/C13H17N5O3/c1-5-6-14-11(19)8(2)18-7-15-10-9(18)12(20)17(4)13(21)16(10)3/h5,7-8H,1,6H2,2-4H3,(H,14,19)/t8-/m0/s1. The summed E-state index contributed by atoms with van der Waals surface area (Å²) in [5.41, 5.74) is -0.456. The van der Waals surface area contributed by atoms with Crippen LogP contribution in [0.15, 0.2) is 28.6 Å². The Bertz CT molecular complexity index is 827. The summed E-state index contributed by atoms with van der Waals surface area (Å²) in [5, 5.41) is 2.66. The van der Waals surface area contributed by atoms with E-state index >= 15 is 0 Å². The lowest BCUT2D eigenvalue weighted by atomic mass is 10.3. The second kappa shape index (κ2) is 5.39. The van der Waals surface area contributed by atoms with Crippen LogP contribution in [-0.2, 0) is 18.9 Å². The van der Waals surface area contributed by atoms with Gasteiger partial charge in [0.25, 0.3) is 5.56 Å². The molecule has 2 aromatic rings. The average molecular weight is 291 g/mol. The molecule has 21 heavy (non-hydrogen) atoms. The van der Waals surface area contributed by atoms with E-state index in [4.69, 9.17) is 0 Å². The molecule has 2 aromatic heterocycles. The molecule has 8 nitrogen and oxygen atoms in total. The Morgan fingerprint density at radius 1 is 1.43 bits per heavy atom. The van der Waals surface area contributed by atoms with Crippen molar-refractivity contribution >= 4 is 17.1 Å². The molecule has 112 valence electrons. The first-order chi connectivity index (χ1) is 9.90. The fourth-order valence-corrected chi connectivity index (χ4v) is 2.10. The Labute approximate surface area is 120 Å². The second-order valence-electron chi connectivity index (χ2n) is 4.74. The Balaban J connectivity index is 2.62. The minimum Gasteiger partial charge on any atom is -0.351 e. The molecule has 0 bridgehead atoms. The van der Waals surface area contributed by atoms with Crippen molar-refractivity contribution in [3.63, 3.8) is 0 Å². The third-order valence-electron chi connectivity index (χ3n) is 3.39. The molecule has 0 unspecified atom stereocenters. The summed E-state index contributed by atoms with van der Waals surface area (Å²) in [7, 11) is 2.92. The van der Waals surface area contributed by atoms with Crippen LogP contribution in [0.4, 0.5) is 0 Å². The van der Waals surface area contributed by atoms with Crippen LogP contribution in [0.3, 0.4) is 0 Å². The third kappa shape index (κ3) is 2.28. The van der Waals surface area contributed by atoms with Gasteiger partial charge in [-0.05, 0) is 6.92 Å². The number of fused-ring (bicyclic) bond motifs is 1. The van der Waals surface area contributed by atoms with Gasteiger partial charge < -0.3 is 9.88 Å². The average Bonchev–Trinajstić information content (AvgIpc) is 2.92. The van der Waals surface area contributed by atoms with Crippen molar-refractivity contribution in [3.8, 4) is 0 Å². The normalized spacial score (nSPS) is 12.3. The van der Waals surface area contributed by atoms with Crippen molar-refractivity contribution in [2.75, 3.05) is 6.54 Å². The summed E-state index contributed by atoms with van der Waals surface area (Å²) >= 11 is 0. The van der Waals surface area contributed by atoms with Crippen molar-refractivity contribution in [2.45, 2.75) is 13.0 Å². The van der Waals surface area contributed by atoms with Crippen LogP contribution in [0.1, 0.15) is 13.0 Å². The molecule has 1 atom stereocenters. The summed E-state index contributed by atoms with van der Waals surface area (Å²) in [6, 6.07) is -0.625. The van der Waals surface area contributed by atoms with Crippen LogP contribution < -0.4 is 16.6 Å². The van der Waals surface area contributed by atoms with Crippen LogP contribution in [0.25, 0.3) is 11.2 Å². The summed E-state index contributed by atoms with van der Waals surface area (Å²) in [6.45, 7) is 5.52. The van der Waals surface area contributed by atoms with Gasteiger partial charge in [-0.3, -0.25) is 18.7 Å². The van der Waals surface area contributed by atoms with Crippen molar-refractivity contribution in [1.82, 2.24) is 24.0 Å². The maximum Gasteiger partial charge on any atom is 0.332 e. The van der Waals surface area contributed by atoms with Gasteiger partial charge in [0.2, 0.25) is 5.91 Å². The number of nitrogens with one attached hydrogen (secondary N) is 1. The fraction of sp³-hybridized carbons (Fsp3) is 0.385. The lowest BCUT2D eigenvalue weighted by Crippen LogP contribution is -2.38. The van der Waals surface area contributed by atoms with Gasteiger partial charge in [-0.25, -0.2) is 9.78 Å². The van der Waals surface area contributed by atoms with Crippen LogP contribution in [0, 0.1) is 0 Å². The van der Waals surface area contributed by atoms with Gasteiger partial charge in [-0.1, -0.05) is 6.08 Å². The summed E-state index contributed by atoms with van der Waals surface area (Å²) in [6.07, 6.45) is 2.96. The minimum atomic E-state index is -0.625. The highest BCUT2D eigenvalue weighted by molar-refractivity contribution is 5.82. The molecule has 2 rings (SSSR count). The van der Waals surface area contributed by atoms with Gasteiger partial charge in [0.1, 0.15) is 6.04 Å². The smallest absolute Gasteiger partial charge is 0.332 e. The zero-order valence-electron chi connectivity index (χ0n) is 12.2. The van der Waals surface area contributed by atoms with Crippen LogP contribution in [0.2, 0.25) is 0 Å². The van der Waals surface area contributed by atoms with Crippen LogP contribution in [-0.4, -0.2) is 31.1 Å². The van der Waals surface area contributed by atoms with E-state index in [2.05, 4.69) is 16.9 Å². The molecule has 0 radical (unpaired) electrons. The quantitative estimate of drug-likeness (QED) is 0.754. The Hall–Kier alpha value is -2.64. The number of imidazole rings is 1. The summed E-state index contributed by atoms with van der Waals surface area (Å²) in [4.78, 5) is 40.2. The lowest BCUT2D eigenvalue weighted by Gasteiger charge is -2.14. The van der Waals surface area contributed by atoms with E-state index in [1.54, 1.807) is 13.0 Å². The maximum atomic E-state index is 12.3. The molecular weight excluding hydrogens is 274 g/mol. The molecule has 0 spiro atoms. The molecule has 0 aromatic carbocycles. The van der Waals surface area contributed by atoms with E-state index in [-0.39, 0.29) is 17.1 Å². The van der Waals surface area contributed by atoms with E-state index in [1.165, 1.54) is 29.6 Å². The van der Waals surface area contributed by atoms with Gasteiger partial charge >= 0.3 is 5.69 Å². The number of aromatic nitrogens is 4. The molecule has 1 amide bonds. The Morgan fingerprint density at radius 3 is 2.71 bits per heavy atom. The van der Waals surface area contributed by atoms with E-state index in [9.17, 15) is 14.4 Å². The number of nitrogens with zero attached hydrogens (tertiary/aromatic N) is 4. The minimum absolute atomic E-state index is 0.223. The predicted octanol–water partition coefficient (Wildman–Crippen LogP) is -0.703. The van der Waals surface area contributed by atoms with Crippen LogP contribution >= 0.6 is 0 Å². The number of aryl methyl sites for hydroxylation is 1. The van der Waals surface area contributed by atoms with Crippen molar-refractivity contribution in [2.24, 2.45) is 14.1 Å². The summed E-state index contributed by atoms with van der Waals surface area (Å²) in [5.74, 6) is -0.259. The first-order valence-electron chi connectivity index (χ1n) is 6.41. The van der Waals surface area contributed by atoms with Crippen LogP contribution in [0.5, 0.6) is 0 Å². The molecule has 0 fully saturated rings. The number of hydrogen-bond acceptors (Lipinski definition) is 4. The lowest BCUT2D eigenvalue weighted by molar-refractivity contribution is -0.123. The fourth-order valence-electron chi connectivity index (χ4n) is 2.10. The summed E-state index contributed by atoms with van der Waals surface area (Å²) < 4.78 is 3.74. The molecule has 0 aliphatic heterocycles. The SMILES string of the molecule is C=CCNC(=O)[C@H](C)n1cnc2c1c(=O)n(C)c(=O)n2C. The number of carbonyl (C=O) groups is 1. The van der Waals surface area contributed by atoms with E-state index in [1.807, 2.05) is 0 Å². The van der Waals surface area contributed by atoms with E-state index < -0.39 is 17.3 Å². The number of carbonyl (C=O) groups excluding carboxylic acids is 1.